The Morgan fingerprint density at radius 2 is 1.95 bits per heavy atom. The number of nitrogens with one attached hydrogen (secondary N) is 2. The first kappa shape index (κ1) is 20.6. The van der Waals surface area contributed by atoms with Gasteiger partial charge in [0, 0.05) is 44.5 Å². The van der Waals surface area contributed by atoms with E-state index in [-0.39, 0.29) is 12.5 Å². The third kappa shape index (κ3) is 6.15. The van der Waals surface area contributed by atoms with Gasteiger partial charge in [-0.25, -0.2) is 0 Å². The summed E-state index contributed by atoms with van der Waals surface area (Å²) in [7, 11) is 0. The lowest BCUT2D eigenvalue weighted by atomic mass is 10.0. The maximum atomic E-state index is 11.5. The molecule has 0 radical (unpaired) electrons. The van der Waals surface area contributed by atoms with Crippen molar-refractivity contribution in [3.8, 4) is 0 Å². The normalized spacial score (nSPS) is 21.1. The summed E-state index contributed by atoms with van der Waals surface area (Å²) in [6.07, 6.45) is 4.30. The Labute approximate surface area is 135 Å². The smallest absolute Gasteiger partial charge is 0.236 e. The lowest BCUT2D eigenvalue weighted by Gasteiger charge is -2.41. The summed E-state index contributed by atoms with van der Waals surface area (Å²) in [6.45, 7) is 13.6. The van der Waals surface area contributed by atoms with Crippen molar-refractivity contribution >= 4 is 12.6 Å². The first-order valence-corrected chi connectivity index (χ1v) is 8.21. The fourth-order valence-corrected chi connectivity index (χ4v) is 2.83. The highest BCUT2D eigenvalue weighted by Crippen LogP contribution is 2.18. The quantitative estimate of drug-likeness (QED) is 0.665. The van der Waals surface area contributed by atoms with E-state index < -0.39 is 0 Å². The molecule has 2 aliphatic heterocycles. The van der Waals surface area contributed by atoms with Crippen LogP contribution in [0.1, 0.15) is 33.6 Å². The summed E-state index contributed by atoms with van der Waals surface area (Å²) in [5, 5.41) is 8.91. The predicted octanol–water partition coefficient (Wildman–Crippen LogP) is 1.04. The van der Waals surface area contributed by atoms with Gasteiger partial charge in [-0.2, -0.15) is 0 Å². The molecule has 2 fully saturated rings. The Morgan fingerprint density at radius 3 is 2.45 bits per heavy atom. The lowest BCUT2D eigenvalue weighted by Crippen LogP contribution is -2.52. The molecule has 2 aliphatic rings. The van der Waals surface area contributed by atoms with E-state index in [1.54, 1.807) is 0 Å². The number of nitrogens with two attached hydrogens (primary N) is 1. The molecule has 0 atom stereocenters. The van der Waals surface area contributed by atoms with Crippen LogP contribution in [0.5, 0.6) is 0 Å². The standard InChI is InChI=1S/C13H24N4O.C2H6.CH3N/c1-2-11-10-17(8-5-15-11)12-3-6-16(7-4-12)13(18)9-14;2*1-2/h2,12,15H,3-10,14H2,1H3;1-2H3;2H,1H2/b11-2-;;. The average molecular weight is 311 g/mol. The van der Waals surface area contributed by atoms with Crippen molar-refractivity contribution in [2.75, 3.05) is 39.3 Å². The number of carbonyl (C=O) groups excluding carboxylic acids is 1. The molecule has 6 heteroatoms. The van der Waals surface area contributed by atoms with Gasteiger partial charge in [-0.3, -0.25) is 9.69 Å². The zero-order valence-corrected chi connectivity index (χ0v) is 14.4. The fourth-order valence-electron chi connectivity index (χ4n) is 2.83. The molecule has 1 amide bonds. The van der Waals surface area contributed by atoms with Gasteiger partial charge in [-0.1, -0.05) is 19.9 Å². The van der Waals surface area contributed by atoms with Crippen LogP contribution in [0.2, 0.25) is 0 Å². The Hall–Kier alpha value is -1.40. The third-order valence-corrected chi connectivity index (χ3v) is 3.98. The molecule has 0 aromatic heterocycles. The van der Waals surface area contributed by atoms with E-state index in [0.717, 1.165) is 45.6 Å². The highest BCUT2D eigenvalue weighted by molar-refractivity contribution is 5.78. The van der Waals surface area contributed by atoms with Crippen LogP contribution < -0.4 is 11.1 Å². The molecule has 4 N–H and O–H groups in total. The van der Waals surface area contributed by atoms with Crippen LogP contribution in [0.15, 0.2) is 11.8 Å². The molecule has 0 saturated carbocycles. The van der Waals surface area contributed by atoms with E-state index in [4.69, 9.17) is 11.1 Å². The van der Waals surface area contributed by atoms with E-state index in [0.29, 0.717) is 6.04 Å². The first-order valence-electron chi connectivity index (χ1n) is 8.21. The number of piperazine rings is 1. The molecule has 2 saturated heterocycles. The summed E-state index contributed by atoms with van der Waals surface area (Å²) >= 11 is 0. The molecule has 0 bridgehead atoms. The molecular weight excluding hydrogens is 278 g/mol. The zero-order chi connectivity index (χ0) is 17.0. The van der Waals surface area contributed by atoms with Crippen LogP contribution in [-0.4, -0.2) is 67.7 Å². The van der Waals surface area contributed by atoms with Crippen LogP contribution >= 0.6 is 0 Å². The van der Waals surface area contributed by atoms with Gasteiger partial charge in [-0.15, -0.1) is 0 Å². The summed E-state index contributed by atoms with van der Waals surface area (Å²) in [6, 6.07) is 0.615. The Kier molecular flexibility index (Phi) is 11.4. The maximum absolute atomic E-state index is 11.5. The Morgan fingerprint density at radius 1 is 1.36 bits per heavy atom. The van der Waals surface area contributed by atoms with Crippen molar-refractivity contribution in [3.05, 3.63) is 11.8 Å². The van der Waals surface area contributed by atoms with Gasteiger partial charge in [-0.05, 0) is 26.5 Å². The molecule has 0 aromatic carbocycles. The number of likely N-dealkylation sites (tertiary alicyclic amines) is 1. The predicted molar refractivity (Wildman–Crippen MR) is 93.2 cm³/mol. The van der Waals surface area contributed by atoms with Crippen LogP contribution in [0.3, 0.4) is 0 Å². The molecule has 2 heterocycles. The van der Waals surface area contributed by atoms with Gasteiger partial charge in [0.15, 0.2) is 0 Å². The summed E-state index contributed by atoms with van der Waals surface area (Å²) in [5.74, 6) is 0.0860. The van der Waals surface area contributed by atoms with Crippen molar-refractivity contribution in [3.63, 3.8) is 0 Å². The molecule has 22 heavy (non-hydrogen) atoms. The molecule has 6 nitrogen and oxygen atoms in total. The Bertz CT molecular complexity index is 337. The first-order chi connectivity index (χ1) is 10.7. The number of hydrogen-bond acceptors (Lipinski definition) is 5. The van der Waals surface area contributed by atoms with Crippen molar-refractivity contribution < 1.29 is 4.79 Å². The molecule has 0 aromatic rings. The molecular formula is C16H33N5O. The SMILES string of the molecule is C/C=C1/CN(C2CCN(C(=O)CN)CC2)CCN1.C=N.CC. The number of rotatable bonds is 2. The number of carbonyl (C=O) groups is 1. The van der Waals surface area contributed by atoms with Crippen LogP contribution in [0, 0.1) is 5.41 Å². The van der Waals surface area contributed by atoms with Crippen LogP contribution in [0.25, 0.3) is 0 Å². The van der Waals surface area contributed by atoms with Crippen LogP contribution in [-0.2, 0) is 4.79 Å². The molecule has 128 valence electrons. The van der Waals surface area contributed by atoms with Crippen molar-refractivity contribution in [2.45, 2.75) is 39.7 Å². The Balaban J connectivity index is 0.00000102. The van der Waals surface area contributed by atoms with Gasteiger partial charge >= 0.3 is 0 Å². The number of amides is 1. The topological polar surface area (TPSA) is 85.5 Å². The summed E-state index contributed by atoms with van der Waals surface area (Å²) < 4.78 is 0. The molecule has 0 spiro atoms. The van der Waals surface area contributed by atoms with Crippen LogP contribution in [0.4, 0.5) is 0 Å². The van der Waals surface area contributed by atoms with Crippen molar-refractivity contribution in [2.24, 2.45) is 5.73 Å². The number of piperidine rings is 1. The monoisotopic (exact) mass is 311 g/mol. The molecule has 2 rings (SSSR count). The highest BCUT2D eigenvalue weighted by Gasteiger charge is 2.27. The number of hydrogen-bond donors (Lipinski definition) is 3. The van der Waals surface area contributed by atoms with E-state index in [2.05, 4.69) is 29.9 Å². The van der Waals surface area contributed by atoms with Gasteiger partial charge in [0.05, 0.1) is 6.54 Å². The fraction of sp³-hybridized carbons (Fsp3) is 0.750. The average Bonchev–Trinajstić information content (AvgIpc) is 2.64. The van der Waals surface area contributed by atoms with E-state index >= 15 is 0 Å². The second-order valence-electron chi connectivity index (χ2n) is 5.03. The van der Waals surface area contributed by atoms with Gasteiger partial charge in [0.1, 0.15) is 0 Å². The van der Waals surface area contributed by atoms with E-state index in [9.17, 15) is 4.79 Å². The van der Waals surface area contributed by atoms with Crippen molar-refractivity contribution in [1.29, 1.82) is 5.41 Å². The third-order valence-electron chi connectivity index (χ3n) is 3.98. The minimum Gasteiger partial charge on any atom is -0.386 e. The zero-order valence-electron chi connectivity index (χ0n) is 14.4. The van der Waals surface area contributed by atoms with Crippen molar-refractivity contribution in [1.82, 2.24) is 15.1 Å². The largest absolute Gasteiger partial charge is 0.386 e. The minimum atomic E-state index is 0.0860. The second kappa shape index (κ2) is 12.2. The maximum Gasteiger partial charge on any atom is 0.236 e. The summed E-state index contributed by atoms with van der Waals surface area (Å²) in [4.78, 5) is 16.0. The van der Waals surface area contributed by atoms with E-state index in [1.807, 2.05) is 18.7 Å². The van der Waals surface area contributed by atoms with E-state index in [1.165, 1.54) is 5.70 Å². The van der Waals surface area contributed by atoms with Gasteiger partial charge in [0.25, 0.3) is 0 Å². The lowest BCUT2D eigenvalue weighted by molar-refractivity contribution is -0.131. The van der Waals surface area contributed by atoms with Gasteiger partial charge in [0.2, 0.25) is 5.91 Å². The molecule has 0 unspecified atom stereocenters. The highest BCUT2D eigenvalue weighted by atomic mass is 16.2. The second-order valence-corrected chi connectivity index (χ2v) is 5.03. The minimum absolute atomic E-state index is 0.0860. The van der Waals surface area contributed by atoms with Gasteiger partial charge < -0.3 is 21.4 Å². The molecule has 0 aliphatic carbocycles. The number of nitrogens with zero attached hydrogens (tertiary/aromatic N) is 2. The summed E-state index contributed by atoms with van der Waals surface area (Å²) in [5.41, 5.74) is 6.72. The number of allylic oxidation sites excluding steroid dienone is 1.